The minimum Gasteiger partial charge on any atom is -0.466 e. The van der Waals surface area contributed by atoms with E-state index in [0.29, 0.717) is 38.9 Å². The normalized spacial score (nSPS) is 41.2. The van der Waals surface area contributed by atoms with E-state index in [4.69, 9.17) is 14.2 Å². The maximum absolute atomic E-state index is 12.8. The van der Waals surface area contributed by atoms with E-state index in [9.17, 15) is 14.7 Å². The molecule has 1 heterocycles. The number of rotatable bonds is 3. The van der Waals surface area contributed by atoms with Gasteiger partial charge in [0.05, 0.1) is 32.3 Å². The van der Waals surface area contributed by atoms with Crippen molar-refractivity contribution < 1.29 is 28.9 Å². The summed E-state index contributed by atoms with van der Waals surface area (Å²) in [5.74, 6) is -1.51. The second-order valence-electron chi connectivity index (χ2n) is 7.77. The van der Waals surface area contributed by atoms with Crippen LogP contribution in [0.25, 0.3) is 0 Å². The third kappa shape index (κ3) is 2.42. The van der Waals surface area contributed by atoms with E-state index in [1.54, 1.807) is 13.8 Å². The molecule has 1 N–H and O–H groups in total. The van der Waals surface area contributed by atoms with Crippen LogP contribution in [0.5, 0.6) is 0 Å². The van der Waals surface area contributed by atoms with Gasteiger partial charge in [-0.15, -0.1) is 0 Å². The van der Waals surface area contributed by atoms with Crippen molar-refractivity contribution in [3.05, 3.63) is 0 Å². The maximum Gasteiger partial charge on any atom is 0.306 e. The molecule has 3 fully saturated rings. The van der Waals surface area contributed by atoms with Gasteiger partial charge >= 0.3 is 5.97 Å². The van der Waals surface area contributed by atoms with Crippen LogP contribution in [-0.4, -0.2) is 48.6 Å². The number of aliphatic hydroxyl groups is 1. The van der Waals surface area contributed by atoms with E-state index in [1.807, 2.05) is 6.92 Å². The fraction of sp³-hybridized carbons (Fsp3) is 0.889. The number of carbonyl (C=O) groups is 2. The van der Waals surface area contributed by atoms with Crippen LogP contribution in [0, 0.1) is 16.7 Å². The van der Waals surface area contributed by atoms with Crippen LogP contribution in [0.2, 0.25) is 0 Å². The molecule has 0 unspecified atom stereocenters. The Balaban J connectivity index is 2.00. The van der Waals surface area contributed by atoms with Crippen LogP contribution >= 0.6 is 0 Å². The predicted molar refractivity (Wildman–Crippen MR) is 85.1 cm³/mol. The lowest BCUT2D eigenvalue weighted by atomic mass is 9.47. The molecular weight excluding hydrogens is 312 g/mol. The highest BCUT2D eigenvalue weighted by Crippen LogP contribution is 2.63. The summed E-state index contributed by atoms with van der Waals surface area (Å²) in [5, 5.41) is 10.8. The first-order valence-corrected chi connectivity index (χ1v) is 8.94. The molecule has 0 aromatic rings. The summed E-state index contributed by atoms with van der Waals surface area (Å²) in [4.78, 5) is 24.9. The van der Waals surface area contributed by atoms with Gasteiger partial charge in [0.25, 0.3) is 0 Å². The number of esters is 1. The second kappa shape index (κ2) is 6.07. The summed E-state index contributed by atoms with van der Waals surface area (Å²) in [5.41, 5.74) is -1.46. The maximum atomic E-state index is 12.8. The summed E-state index contributed by atoms with van der Waals surface area (Å²) < 4.78 is 17.1. The number of Topliss-reactive ketones (excluding diaryl/α,β-unsaturated/α-hetero) is 1. The summed E-state index contributed by atoms with van der Waals surface area (Å²) in [6.07, 6.45) is 1.43. The van der Waals surface area contributed by atoms with Crippen molar-refractivity contribution in [2.24, 2.45) is 16.7 Å². The van der Waals surface area contributed by atoms with Gasteiger partial charge in [-0.1, -0.05) is 13.8 Å². The average Bonchev–Trinajstić information content (AvgIpc) is 2.99. The predicted octanol–water partition coefficient (Wildman–Crippen LogP) is 1.83. The molecule has 0 bridgehead atoms. The molecule has 3 rings (SSSR count). The van der Waals surface area contributed by atoms with E-state index in [1.165, 1.54) is 0 Å². The molecule has 6 nitrogen and oxygen atoms in total. The van der Waals surface area contributed by atoms with Crippen molar-refractivity contribution in [1.82, 2.24) is 0 Å². The van der Waals surface area contributed by atoms with Crippen molar-refractivity contribution in [3.63, 3.8) is 0 Å². The van der Waals surface area contributed by atoms with Gasteiger partial charge in [0.15, 0.2) is 5.79 Å². The lowest BCUT2D eigenvalue weighted by molar-refractivity contribution is -0.303. The Kier molecular flexibility index (Phi) is 4.51. The van der Waals surface area contributed by atoms with Crippen LogP contribution in [0.1, 0.15) is 52.9 Å². The van der Waals surface area contributed by atoms with Crippen molar-refractivity contribution in [1.29, 1.82) is 0 Å². The molecule has 2 aliphatic carbocycles. The molecule has 1 saturated heterocycles. The Labute approximate surface area is 142 Å². The smallest absolute Gasteiger partial charge is 0.306 e. The van der Waals surface area contributed by atoms with Crippen LogP contribution in [-0.2, 0) is 23.8 Å². The molecule has 1 aliphatic heterocycles. The van der Waals surface area contributed by atoms with Crippen LogP contribution in [0.3, 0.4) is 0 Å². The first kappa shape index (κ1) is 17.8. The van der Waals surface area contributed by atoms with E-state index >= 15 is 0 Å². The standard InChI is InChI=1S/C18H28O6/c1-4-22-14(21)11-16(2)13(20)6-7-17(3)15(16)12(19)5-8-18(17)23-9-10-24-18/h12,15,19H,4-11H2,1-3H3/t12-,15+,16-,17+/m0/s1. The molecule has 136 valence electrons. The third-order valence-corrected chi connectivity index (χ3v) is 6.48. The van der Waals surface area contributed by atoms with E-state index in [0.717, 1.165) is 0 Å². The molecule has 0 aromatic heterocycles. The monoisotopic (exact) mass is 340 g/mol. The van der Waals surface area contributed by atoms with E-state index in [-0.39, 0.29) is 24.7 Å². The van der Waals surface area contributed by atoms with Crippen LogP contribution in [0.15, 0.2) is 0 Å². The van der Waals surface area contributed by atoms with Crippen molar-refractivity contribution in [2.45, 2.75) is 64.8 Å². The number of hydrogen-bond donors (Lipinski definition) is 1. The Morgan fingerprint density at radius 3 is 2.58 bits per heavy atom. The fourth-order valence-corrected chi connectivity index (χ4v) is 5.41. The van der Waals surface area contributed by atoms with Gasteiger partial charge in [0.2, 0.25) is 0 Å². The highest BCUT2D eigenvalue weighted by atomic mass is 16.7. The first-order valence-electron chi connectivity index (χ1n) is 8.94. The Bertz CT molecular complexity index is 526. The van der Waals surface area contributed by atoms with E-state index in [2.05, 4.69) is 0 Å². The number of fused-ring (bicyclic) bond motifs is 2. The molecule has 6 heteroatoms. The number of hydrogen-bond acceptors (Lipinski definition) is 6. The summed E-state index contributed by atoms with van der Waals surface area (Å²) in [6, 6.07) is 0. The fourth-order valence-electron chi connectivity index (χ4n) is 5.41. The molecule has 24 heavy (non-hydrogen) atoms. The van der Waals surface area contributed by atoms with Crippen molar-refractivity contribution in [2.75, 3.05) is 19.8 Å². The van der Waals surface area contributed by atoms with Crippen molar-refractivity contribution in [3.8, 4) is 0 Å². The van der Waals surface area contributed by atoms with Gasteiger partial charge in [-0.05, 0) is 19.8 Å². The number of ether oxygens (including phenoxy) is 3. The highest BCUT2D eigenvalue weighted by Gasteiger charge is 2.68. The molecular formula is C18H28O6. The zero-order valence-corrected chi connectivity index (χ0v) is 14.8. The van der Waals surface area contributed by atoms with Gasteiger partial charge in [0.1, 0.15) is 5.78 Å². The van der Waals surface area contributed by atoms with Crippen LogP contribution in [0.4, 0.5) is 0 Å². The molecule has 0 amide bonds. The SMILES string of the molecule is CCOC(=O)C[C@@]1(C)C(=O)CC[C@]2(C)[C@@H]1[C@@H](O)CCC21OCCO1. The van der Waals surface area contributed by atoms with Crippen molar-refractivity contribution >= 4 is 11.8 Å². The lowest BCUT2D eigenvalue weighted by Crippen LogP contribution is -2.66. The lowest BCUT2D eigenvalue weighted by Gasteiger charge is -2.61. The number of ketones is 1. The molecule has 3 aliphatic rings. The van der Waals surface area contributed by atoms with Crippen LogP contribution < -0.4 is 0 Å². The molecule has 1 spiro atoms. The quantitative estimate of drug-likeness (QED) is 0.789. The largest absolute Gasteiger partial charge is 0.466 e. The minimum absolute atomic E-state index is 0.00687. The summed E-state index contributed by atoms with van der Waals surface area (Å²) in [6.45, 7) is 6.93. The van der Waals surface area contributed by atoms with Gasteiger partial charge in [-0.2, -0.15) is 0 Å². The zero-order valence-electron chi connectivity index (χ0n) is 14.8. The Morgan fingerprint density at radius 2 is 1.96 bits per heavy atom. The topological polar surface area (TPSA) is 82.1 Å². The molecule has 4 atom stereocenters. The zero-order chi connectivity index (χ0) is 17.6. The van der Waals surface area contributed by atoms with Gasteiger partial charge in [0, 0.05) is 29.6 Å². The highest BCUT2D eigenvalue weighted by molar-refractivity contribution is 5.90. The summed E-state index contributed by atoms with van der Waals surface area (Å²) >= 11 is 0. The van der Waals surface area contributed by atoms with Gasteiger partial charge in [-0.25, -0.2) is 0 Å². The number of aliphatic hydroxyl groups excluding tert-OH is 1. The van der Waals surface area contributed by atoms with Gasteiger partial charge < -0.3 is 19.3 Å². The third-order valence-electron chi connectivity index (χ3n) is 6.48. The Morgan fingerprint density at radius 1 is 1.29 bits per heavy atom. The molecule has 0 aromatic carbocycles. The second-order valence-corrected chi connectivity index (χ2v) is 7.77. The minimum atomic E-state index is -0.957. The first-order chi connectivity index (χ1) is 11.3. The Hall–Kier alpha value is -0.980. The molecule has 0 radical (unpaired) electrons. The summed E-state index contributed by atoms with van der Waals surface area (Å²) in [7, 11) is 0. The van der Waals surface area contributed by atoms with E-state index < -0.39 is 28.7 Å². The number of carbonyl (C=O) groups excluding carboxylic acids is 2. The van der Waals surface area contributed by atoms with Gasteiger partial charge in [-0.3, -0.25) is 9.59 Å². The average molecular weight is 340 g/mol. The molecule has 2 saturated carbocycles.